The zero-order chi connectivity index (χ0) is 13.7. The van der Waals surface area contributed by atoms with Crippen molar-refractivity contribution in [3.05, 3.63) is 34.9 Å². The van der Waals surface area contributed by atoms with Gasteiger partial charge in [-0.3, -0.25) is 4.90 Å². The second kappa shape index (κ2) is 7.13. The van der Waals surface area contributed by atoms with E-state index in [1.54, 1.807) is 0 Å². The van der Waals surface area contributed by atoms with E-state index in [-0.39, 0.29) is 0 Å². The maximum absolute atomic E-state index is 6.05. The van der Waals surface area contributed by atoms with Crippen molar-refractivity contribution in [1.29, 1.82) is 0 Å². The summed E-state index contributed by atoms with van der Waals surface area (Å²) in [6.45, 7) is 9.81. The standard InChI is InChI=1S/C15H25ClN2/c1-11(2)17-10-12(3)18(5)13(4)14-7-6-8-15(16)9-14/h6-9,11-13,17H,10H2,1-5H3. The van der Waals surface area contributed by atoms with Crippen LogP contribution in [0.2, 0.25) is 5.02 Å². The molecule has 0 bridgehead atoms. The van der Waals surface area contributed by atoms with Gasteiger partial charge in [0.2, 0.25) is 0 Å². The molecule has 2 nitrogen and oxygen atoms in total. The van der Waals surface area contributed by atoms with Gasteiger partial charge in [-0.2, -0.15) is 0 Å². The first kappa shape index (κ1) is 15.5. The van der Waals surface area contributed by atoms with Crippen LogP contribution in [-0.2, 0) is 0 Å². The molecule has 1 aromatic rings. The Balaban J connectivity index is 2.62. The predicted octanol–water partition coefficient (Wildman–Crippen LogP) is 3.72. The maximum atomic E-state index is 6.05. The Kier molecular flexibility index (Phi) is 6.13. The zero-order valence-electron chi connectivity index (χ0n) is 12.1. The summed E-state index contributed by atoms with van der Waals surface area (Å²) in [6, 6.07) is 9.50. The monoisotopic (exact) mass is 268 g/mol. The van der Waals surface area contributed by atoms with Crippen LogP contribution in [0.4, 0.5) is 0 Å². The SMILES string of the molecule is CC(C)NCC(C)N(C)C(C)c1cccc(Cl)c1. The van der Waals surface area contributed by atoms with Gasteiger partial charge in [0.1, 0.15) is 0 Å². The second-order valence-electron chi connectivity index (χ2n) is 5.31. The van der Waals surface area contributed by atoms with Gasteiger partial charge in [0, 0.05) is 29.7 Å². The van der Waals surface area contributed by atoms with E-state index in [1.165, 1.54) is 5.56 Å². The summed E-state index contributed by atoms with van der Waals surface area (Å²) in [7, 11) is 2.16. The fourth-order valence-electron chi connectivity index (χ4n) is 1.93. The lowest BCUT2D eigenvalue weighted by molar-refractivity contribution is 0.191. The van der Waals surface area contributed by atoms with Crippen molar-refractivity contribution in [1.82, 2.24) is 10.2 Å². The van der Waals surface area contributed by atoms with Crippen LogP contribution in [-0.4, -0.2) is 30.6 Å². The lowest BCUT2D eigenvalue weighted by Crippen LogP contribution is -2.41. The molecule has 0 amide bonds. The zero-order valence-corrected chi connectivity index (χ0v) is 12.8. The van der Waals surface area contributed by atoms with E-state index >= 15 is 0 Å². The molecule has 0 aliphatic heterocycles. The van der Waals surface area contributed by atoms with Crippen molar-refractivity contribution in [3.8, 4) is 0 Å². The second-order valence-corrected chi connectivity index (χ2v) is 5.74. The number of hydrogen-bond acceptors (Lipinski definition) is 2. The first-order valence-electron chi connectivity index (χ1n) is 6.62. The minimum absolute atomic E-state index is 0.368. The minimum atomic E-state index is 0.368. The third kappa shape index (κ3) is 4.60. The summed E-state index contributed by atoms with van der Waals surface area (Å²) in [4.78, 5) is 2.38. The van der Waals surface area contributed by atoms with E-state index in [4.69, 9.17) is 11.6 Å². The third-order valence-electron chi connectivity index (χ3n) is 3.46. The minimum Gasteiger partial charge on any atom is -0.313 e. The molecule has 0 fully saturated rings. The molecule has 3 heteroatoms. The molecule has 1 N–H and O–H groups in total. The highest BCUT2D eigenvalue weighted by atomic mass is 35.5. The number of hydrogen-bond donors (Lipinski definition) is 1. The highest BCUT2D eigenvalue weighted by Gasteiger charge is 2.17. The molecule has 102 valence electrons. The van der Waals surface area contributed by atoms with E-state index in [0.29, 0.717) is 18.1 Å². The van der Waals surface area contributed by atoms with Crippen LogP contribution in [0.25, 0.3) is 0 Å². The van der Waals surface area contributed by atoms with Gasteiger partial charge >= 0.3 is 0 Å². The molecule has 0 saturated carbocycles. The van der Waals surface area contributed by atoms with Crippen LogP contribution in [0, 0.1) is 0 Å². The molecule has 18 heavy (non-hydrogen) atoms. The number of rotatable bonds is 6. The summed E-state index contributed by atoms with van der Waals surface area (Å²) in [6.07, 6.45) is 0. The first-order valence-corrected chi connectivity index (χ1v) is 7.00. The Morgan fingerprint density at radius 2 is 1.89 bits per heavy atom. The van der Waals surface area contributed by atoms with Crippen LogP contribution in [0.5, 0.6) is 0 Å². The van der Waals surface area contributed by atoms with Gasteiger partial charge in [0.25, 0.3) is 0 Å². The molecule has 0 saturated heterocycles. The van der Waals surface area contributed by atoms with Crippen LogP contribution >= 0.6 is 11.6 Å². The van der Waals surface area contributed by atoms with Crippen molar-refractivity contribution in [3.63, 3.8) is 0 Å². The normalized spacial score (nSPS) is 15.1. The van der Waals surface area contributed by atoms with E-state index in [9.17, 15) is 0 Å². The van der Waals surface area contributed by atoms with E-state index < -0.39 is 0 Å². The van der Waals surface area contributed by atoms with Gasteiger partial charge in [-0.15, -0.1) is 0 Å². The summed E-state index contributed by atoms with van der Waals surface area (Å²) in [5.74, 6) is 0. The maximum Gasteiger partial charge on any atom is 0.0409 e. The van der Waals surface area contributed by atoms with Crippen molar-refractivity contribution >= 4 is 11.6 Å². The van der Waals surface area contributed by atoms with Gasteiger partial charge < -0.3 is 5.32 Å². The highest BCUT2D eigenvalue weighted by molar-refractivity contribution is 6.30. The van der Waals surface area contributed by atoms with Crippen LogP contribution < -0.4 is 5.32 Å². The van der Waals surface area contributed by atoms with Crippen molar-refractivity contribution in [2.24, 2.45) is 0 Å². The van der Waals surface area contributed by atoms with Gasteiger partial charge in [-0.1, -0.05) is 37.6 Å². The number of halogens is 1. The summed E-state index contributed by atoms with van der Waals surface area (Å²) in [5.41, 5.74) is 1.27. The molecule has 0 spiro atoms. The predicted molar refractivity (Wildman–Crippen MR) is 80.2 cm³/mol. The van der Waals surface area contributed by atoms with E-state index in [2.05, 4.69) is 51.0 Å². The summed E-state index contributed by atoms with van der Waals surface area (Å²) >= 11 is 6.05. The molecule has 0 aliphatic rings. The molecular formula is C15H25ClN2. The lowest BCUT2D eigenvalue weighted by atomic mass is 10.1. The number of nitrogens with zero attached hydrogens (tertiary/aromatic N) is 1. The molecule has 0 aromatic heterocycles. The van der Waals surface area contributed by atoms with Gasteiger partial charge in [-0.05, 0) is 38.6 Å². The van der Waals surface area contributed by atoms with Crippen molar-refractivity contribution in [2.75, 3.05) is 13.6 Å². The Hall–Kier alpha value is -0.570. The quantitative estimate of drug-likeness (QED) is 0.846. The van der Waals surface area contributed by atoms with Gasteiger partial charge in [-0.25, -0.2) is 0 Å². The Bertz CT molecular complexity index is 365. The fourth-order valence-corrected chi connectivity index (χ4v) is 2.13. The van der Waals surface area contributed by atoms with Gasteiger partial charge in [0.15, 0.2) is 0 Å². The van der Waals surface area contributed by atoms with Crippen LogP contribution in [0.3, 0.4) is 0 Å². The highest BCUT2D eigenvalue weighted by Crippen LogP contribution is 2.23. The molecular weight excluding hydrogens is 244 g/mol. The number of likely N-dealkylation sites (N-methyl/N-ethyl adjacent to an activating group) is 1. The Morgan fingerprint density at radius 3 is 2.44 bits per heavy atom. The van der Waals surface area contributed by atoms with Crippen molar-refractivity contribution < 1.29 is 0 Å². The smallest absolute Gasteiger partial charge is 0.0409 e. The average molecular weight is 269 g/mol. The Morgan fingerprint density at radius 1 is 1.22 bits per heavy atom. The fraction of sp³-hybridized carbons (Fsp3) is 0.600. The van der Waals surface area contributed by atoms with Gasteiger partial charge in [0.05, 0.1) is 0 Å². The Labute approximate surface area is 116 Å². The van der Waals surface area contributed by atoms with Crippen LogP contribution in [0.15, 0.2) is 24.3 Å². The van der Waals surface area contributed by atoms with Crippen molar-refractivity contribution in [2.45, 2.75) is 45.8 Å². The molecule has 1 rings (SSSR count). The molecule has 1 aromatic carbocycles. The molecule has 2 atom stereocenters. The largest absolute Gasteiger partial charge is 0.313 e. The topological polar surface area (TPSA) is 15.3 Å². The van der Waals surface area contributed by atoms with E-state index in [0.717, 1.165) is 11.6 Å². The molecule has 0 radical (unpaired) electrons. The molecule has 2 unspecified atom stereocenters. The third-order valence-corrected chi connectivity index (χ3v) is 3.69. The van der Waals surface area contributed by atoms with E-state index in [1.807, 2.05) is 18.2 Å². The average Bonchev–Trinajstić information content (AvgIpc) is 2.34. The molecule has 0 aliphatic carbocycles. The summed E-state index contributed by atoms with van der Waals surface area (Å²) in [5, 5.41) is 4.28. The number of nitrogens with one attached hydrogen (secondary N) is 1. The first-order chi connectivity index (χ1) is 8.41. The van der Waals surface area contributed by atoms with Crippen LogP contribution in [0.1, 0.15) is 39.3 Å². The summed E-state index contributed by atoms with van der Waals surface area (Å²) < 4.78 is 0. The number of benzene rings is 1. The molecule has 0 heterocycles. The lowest BCUT2D eigenvalue weighted by Gasteiger charge is -2.32.